The van der Waals surface area contributed by atoms with Crippen LogP contribution in [0.5, 0.6) is 0 Å². The van der Waals surface area contributed by atoms with Crippen LogP contribution in [0.25, 0.3) is 69.9 Å². The second-order valence-corrected chi connectivity index (χ2v) is 8.03. The SMILES string of the molecule is C1=Cc2nc3[nH+]c(nc4[nH]c(nc5[nH+]c(nc([nH]2)=C1)-c1ccccc1-5)C=CC=4)-c1ccccc1-3. The predicted octanol–water partition coefficient (Wildman–Crippen LogP) is 1.83. The van der Waals surface area contributed by atoms with Crippen molar-refractivity contribution in [2.24, 2.45) is 0 Å². The molecule has 0 saturated heterocycles. The van der Waals surface area contributed by atoms with E-state index >= 15 is 0 Å². The van der Waals surface area contributed by atoms with Crippen LogP contribution in [0.15, 0.2) is 60.7 Å². The van der Waals surface area contributed by atoms with Gasteiger partial charge in [0.05, 0.1) is 22.3 Å². The van der Waals surface area contributed by atoms with Gasteiger partial charge in [-0.3, -0.25) is 9.97 Å². The van der Waals surface area contributed by atoms with Crippen molar-refractivity contribution in [3.8, 4) is 45.6 Å². The van der Waals surface area contributed by atoms with Crippen LogP contribution in [0.4, 0.5) is 0 Å². The lowest BCUT2D eigenvalue weighted by atomic mass is 10.1. The topological polar surface area (TPSA) is 111 Å². The number of rotatable bonds is 0. The second kappa shape index (κ2) is 7.28. The average Bonchev–Trinajstić information content (AvgIpc) is 3.37. The highest BCUT2D eigenvalue weighted by atomic mass is 15.0. The van der Waals surface area contributed by atoms with Gasteiger partial charge < -0.3 is 0 Å². The third-order valence-corrected chi connectivity index (χ3v) is 5.81. The molecular formula is C26H18N8+2. The van der Waals surface area contributed by atoms with Crippen LogP contribution in [0.3, 0.4) is 0 Å². The highest BCUT2D eigenvalue weighted by Gasteiger charge is 2.25. The molecule has 4 N–H and O–H groups in total. The predicted molar refractivity (Wildman–Crippen MR) is 127 cm³/mol. The molecule has 5 heterocycles. The van der Waals surface area contributed by atoms with Gasteiger partial charge in [-0.15, -0.1) is 0 Å². The van der Waals surface area contributed by atoms with E-state index in [0.717, 1.165) is 45.6 Å². The fourth-order valence-corrected chi connectivity index (χ4v) is 4.27. The van der Waals surface area contributed by atoms with Crippen molar-refractivity contribution in [1.82, 2.24) is 29.9 Å². The van der Waals surface area contributed by atoms with E-state index in [2.05, 4.69) is 19.9 Å². The van der Waals surface area contributed by atoms with Crippen molar-refractivity contribution in [2.75, 3.05) is 0 Å². The van der Waals surface area contributed by atoms with Crippen LogP contribution in [0.1, 0.15) is 11.6 Å². The van der Waals surface area contributed by atoms with E-state index in [-0.39, 0.29) is 0 Å². The number of aromatic amines is 4. The Morgan fingerprint density at radius 3 is 1.29 bits per heavy atom. The van der Waals surface area contributed by atoms with Crippen LogP contribution in [0, 0.1) is 0 Å². The summed E-state index contributed by atoms with van der Waals surface area (Å²) in [5, 5.41) is 0. The number of hydrogen-bond acceptors (Lipinski definition) is 4. The van der Waals surface area contributed by atoms with Gasteiger partial charge in [0.2, 0.25) is 22.6 Å². The summed E-state index contributed by atoms with van der Waals surface area (Å²) in [5.41, 5.74) is 5.31. The summed E-state index contributed by atoms with van der Waals surface area (Å²) in [6, 6.07) is 16.1. The molecular weight excluding hydrogens is 424 g/mol. The Morgan fingerprint density at radius 1 is 0.500 bits per heavy atom. The maximum absolute atomic E-state index is 4.84. The van der Waals surface area contributed by atoms with Gasteiger partial charge in [-0.25, -0.2) is 9.97 Å². The van der Waals surface area contributed by atoms with Crippen LogP contribution in [0.2, 0.25) is 0 Å². The third-order valence-electron chi connectivity index (χ3n) is 5.81. The highest BCUT2D eigenvalue weighted by Crippen LogP contribution is 2.29. The Kier molecular flexibility index (Phi) is 3.98. The maximum atomic E-state index is 4.84. The Bertz CT molecular complexity index is 1640. The van der Waals surface area contributed by atoms with Crippen LogP contribution in [-0.2, 0) is 0 Å². The Hall–Kier alpha value is -4.98. The first-order chi connectivity index (χ1) is 16.8. The second-order valence-electron chi connectivity index (χ2n) is 8.03. The molecule has 8 bridgehead atoms. The van der Waals surface area contributed by atoms with Crippen molar-refractivity contribution in [3.63, 3.8) is 0 Å². The number of aromatic nitrogens is 8. The normalized spacial score (nSPS) is 12.9. The molecule has 160 valence electrons. The first kappa shape index (κ1) is 18.6. The molecule has 0 spiro atoms. The van der Waals surface area contributed by atoms with E-state index in [1.165, 1.54) is 0 Å². The van der Waals surface area contributed by atoms with Crippen molar-refractivity contribution >= 4 is 24.3 Å². The standard InChI is InChI=1S/C26H16N8/c1-2-8-16-15(7-1)23-29-19-11-5-13-21(27-19)31-25-17-9-3-4-10-18(17)26(34-25)32-22-14-6-12-20(28-22)30-24(16)33-23/h1-14H,(H2,27,28,29,30,31,32,33,34)/p+2. The summed E-state index contributed by atoms with van der Waals surface area (Å²) in [4.78, 5) is 32.8. The van der Waals surface area contributed by atoms with Gasteiger partial charge in [-0.2, -0.15) is 0 Å². The number of nitrogens with one attached hydrogen (secondary N) is 4. The lowest BCUT2D eigenvalue weighted by molar-refractivity contribution is -0.354. The van der Waals surface area contributed by atoms with E-state index in [1.807, 2.05) is 85.0 Å². The summed E-state index contributed by atoms with van der Waals surface area (Å²) in [6.07, 6.45) is 11.5. The van der Waals surface area contributed by atoms with E-state index in [0.29, 0.717) is 22.6 Å². The number of hydrogen-bond donors (Lipinski definition) is 2. The molecule has 0 radical (unpaired) electrons. The average molecular weight is 442 g/mol. The van der Waals surface area contributed by atoms with E-state index < -0.39 is 0 Å². The van der Waals surface area contributed by atoms with Gasteiger partial charge in [-0.05, 0) is 48.6 Å². The van der Waals surface area contributed by atoms with Gasteiger partial charge in [0.1, 0.15) is 0 Å². The molecule has 0 saturated carbocycles. The molecule has 8 nitrogen and oxygen atoms in total. The molecule has 0 unspecified atom stereocenters. The molecule has 0 fully saturated rings. The number of allylic oxidation sites excluding steroid dienone is 2. The number of H-pyrrole nitrogens is 4. The molecule has 3 aromatic rings. The largest absolute Gasteiger partial charge is 0.297 e. The summed E-state index contributed by atoms with van der Waals surface area (Å²) < 4.78 is 0. The number of nitrogens with zero attached hydrogens (tertiary/aromatic N) is 4. The molecule has 8 heteroatoms. The first-order valence-electron chi connectivity index (χ1n) is 10.9. The zero-order valence-electron chi connectivity index (χ0n) is 17.9. The number of benzene rings is 2. The van der Waals surface area contributed by atoms with Gasteiger partial charge >= 0.3 is 0 Å². The van der Waals surface area contributed by atoms with Crippen molar-refractivity contribution in [3.05, 3.63) is 83.3 Å². The first-order valence-corrected chi connectivity index (χ1v) is 10.9. The summed E-state index contributed by atoms with van der Waals surface area (Å²) in [5.74, 6) is 4.26. The van der Waals surface area contributed by atoms with Crippen LogP contribution in [-0.4, -0.2) is 29.9 Å². The Labute approximate surface area is 193 Å². The molecule has 1 aromatic heterocycles. The van der Waals surface area contributed by atoms with Gasteiger partial charge in [0, 0.05) is 0 Å². The molecule has 7 rings (SSSR count). The van der Waals surface area contributed by atoms with E-state index in [1.54, 1.807) is 0 Å². The molecule has 0 amide bonds. The molecule has 2 aromatic carbocycles. The minimum absolute atomic E-state index is 0.682. The molecule has 4 aliphatic heterocycles. The minimum atomic E-state index is 0.682. The van der Waals surface area contributed by atoms with Gasteiger partial charge in [0.25, 0.3) is 23.3 Å². The molecule has 0 aliphatic carbocycles. The highest BCUT2D eigenvalue weighted by molar-refractivity contribution is 5.78. The summed E-state index contributed by atoms with van der Waals surface area (Å²) >= 11 is 0. The van der Waals surface area contributed by atoms with Gasteiger partial charge in [0.15, 0.2) is 0 Å². The smallest absolute Gasteiger partial charge is 0.271 e. The van der Waals surface area contributed by atoms with E-state index in [9.17, 15) is 0 Å². The quantitative estimate of drug-likeness (QED) is 0.381. The van der Waals surface area contributed by atoms with Crippen molar-refractivity contribution in [2.45, 2.75) is 0 Å². The fraction of sp³-hybridized carbons (Fsp3) is 0. The Morgan fingerprint density at radius 2 is 0.882 bits per heavy atom. The lowest BCUT2D eigenvalue weighted by Gasteiger charge is -1.94. The fourth-order valence-electron chi connectivity index (χ4n) is 4.27. The summed E-state index contributed by atoms with van der Waals surface area (Å²) in [6.45, 7) is 0. The van der Waals surface area contributed by atoms with Crippen molar-refractivity contribution < 1.29 is 9.97 Å². The summed E-state index contributed by atoms with van der Waals surface area (Å²) in [7, 11) is 0. The van der Waals surface area contributed by atoms with E-state index in [4.69, 9.17) is 19.9 Å². The third kappa shape index (κ3) is 3.08. The maximum Gasteiger partial charge on any atom is 0.271 e. The number of fused-ring (bicyclic) bond motifs is 14. The van der Waals surface area contributed by atoms with Crippen molar-refractivity contribution in [1.29, 1.82) is 0 Å². The van der Waals surface area contributed by atoms with Crippen LogP contribution >= 0.6 is 0 Å². The van der Waals surface area contributed by atoms with Gasteiger partial charge in [-0.1, -0.05) is 56.4 Å². The minimum Gasteiger partial charge on any atom is -0.297 e. The monoisotopic (exact) mass is 442 g/mol. The molecule has 34 heavy (non-hydrogen) atoms. The Balaban J connectivity index is 1.62. The molecule has 4 aliphatic rings. The lowest BCUT2D eigenvalue weighted by Crippen LogP contribution is -2.19. The molecule has 0 atom stereocenters. The van der Waals surface area contributed by atoms with Crippen LogP contribution < -0.4 is 20.9 Å². The zero-order chi connectivity index (χ0) is 22.5. The zero-order valence-corrected chi connectivity index (χ0v) is 17.9.